The van der Waals surface area contributed by atoms with E-state index in [1.165, 1.54) is 0 Å². The van der Waals surface area contributed by atoms with Crippen LogP contribution in [0.1, 0.15) is 38.3 Å². The predicted molar refractivity (Wildman–Crippen MR) is 85.9 cm³/mol. The number of hydrogen-bond acceptors (Lipinski definition) is 3. The molecule has 21 heavy (non-hydrogen) atoms. The lowest BCUT2D eigenvalue weighted by molar-refractivity contribution is -0.133. The zero-order chi connectivity index (χ0) is 15.2. The summed E-state index contributed by atoms with van der Waals surface area (Å²) in [5.41, 5.74) is 7.26. The Morgan fingerprint density at radius 1 is 1.14 bits per heavy atom. The first-order valence-electron chi connectivity index (χ1n) is 7.90. The fraction of sp³-hybridized carbons (Fsp3) is 0.588. The molecule has 1 aliphatic rings. The van der Waals surface area contributed by atoms with E-state index in [0.717, 1.165) is 31.7 Å². The van der Waals surface area contributed by atoms with E-state index < -0.39 is 0 Å². The zero-order valence-electron chi connectivity index (χ0n) is 13.2. The molecule has 0 aromatic heterocycles. The van der Waals surface area contributed by atoms with Gasteiger partial charge in [-0.3, -0.25) is 9.69 Å². The highest BCUT2D eigenvalue weighted by atomic mass is 16.2. The molecule has 0 bridgehead atoms. The van der Waals surface area contributed by atoms with Crippen molar-refractivity contribution in [2.24, 2.45) is 5.73 Å². The number of nitrogens with two attached hydrogens (primary N) is 1. The number of piperazine rings is 1. The highest BCUT2D eigenvalue weighted by molar-refractivity contribution is 5.76. The molecule has 0 aliphatic carbocycles. The van der Waals surface area contributed by atoms with E-state index in [0.29, 0.717) is 18.9 Å². The van der Waals surface area contributed by atoms with Crippen molar-refractivity contribution in [1.82, 2.24) is 9.80 Å². The maximum atomic E-state index is 12.3. The SMILES string of the molecule is CC(C)N1CCN(C(=O)CCC(N)c2ccccc2)CC1. The summed E-state index contributed by atoms with van der Waals surface area (Å²) in [7, 11) is 0. The second-order valence-corrected chi connectivity index (χ2v) is 6.07. The summed E-state index contributed by atoms with van der Waals surface area (Å²) in [4.78, 5) is 16.7. The zero-order valence-corrected chi connectivity index (χ0v) is 13.2. The number of hydrogen-bond donors (Lipinski definition) is 1. The number of carbonyl (C=O) groups excluding carboxylic acids is 1. The monoisotopic (exact) mass is 289 g/mol. The van der Waals surface area contributed by atoms with E-state index in [-0.39, 0.29) is 11.9 Å². The van der Waals surface area contributed by atoms with Crippen molar-refractivity contribution in [2.45, 2.75) is 38.8 Å². The summed E-state index contributed by atoms with van der Waals surface area (Å²) in [6.07, 6.45) is 1.25. The minimum Gasteiger partial charge on any atom is -0.340 e. The normalized spacial score (nSPS) is 18.0. The smallest absolute Gasteiger partial charge is 0.222 e. The van der Waals surface area contributed by atoms with Crippen LogP contribution in [0.25, 0.3) is 0 Å². The Balaban J connectivity index is 1.75. The van der Waals surface area contributed by atoms with Gasteiger partial charge >= 0.3 is 0 Å². The number of amides is 1. The Morgan fingerprint density at radius 2 is 1.76 bits per heavy atom. The molecule has 1 fully saturated rings. The maximum Gasteiger partial charge on any atom is 0.222 e. The van der Waals surface area contributed by atoms with Crippen molar-refractivity contribution in [2.75, 3.05) is 26.2 Å². The Labute approximate surface area is 127 Å². The van der Waals surface area contributed by atoms with Gasteiger partial charge < -0.3 is 10.6 Å². The third-order valence-electron chi connectivity index (χ3n) is 4.29. The molecule has 1 atom stereocenters. The van der Waals surface area contributed by atoms with Gasteiger partial charge in [-0.05, 0) is 25.8 Å². The molecular weight excluding hydrogens is 262 g/mol. The van der Waals surface area contributed by atoms with Crippen LogP contribution in [-0.2, 0) is 4.79 Å². The van der Waals surface area contributed by atoms with Gasteiger partial charge in [-0.1, -0.05) is 30.3 Å². The molecule has 1 aromatic carbocycles. The van der Waals surface area contributed by atoms with E-state index in [9.17, 15) is 4.79 Å². The average molecular weight is 289 g/mol. The standard InChI is InChI=1S/C17H27N3O/c1-14(2)19-10-12-20(13-11-19)17(21)9-8-16(18)15-6-4-3-5-7-15/h3-7,14,16H,8-13,18H2,1-2H3. The molecule has 0 saturated carbocycles. The van der Waals surface area contributed by atoms with Crippen LogP contribution < -0.4 is 5.73 Å². The molecule has 2 N–H and O–H groups in total. The third kappa shape index (κ3) is 4.55. The summed E-state index contributed by atoms with van der Waals surface area (Å²) < 4.78 is 0. The van der Waals surface area contributed by atoms with Gasteiger partial charge in [0.1, 0.15) is 0 Å². The molecule has 0 radical (unpaired) electrons. The van der Waals surface area contributed by atoms with Gasteiger partial charge in [0, 0.05) is 44.7 Å². The molecule has 1 amide bonds. The number of nitrogens with zero attached hydrogens (tertiary/aromatic N) is 2. The van der Waals surface area contributed by atoms with Crippen molar-refractivity contribution < 1.29 is 4.79 Å². The molecule has 1 heterocycles. The van der Waals surface area contributed by atoms with Crippen LogP contribution in [0.2, 0.25) is 0 Å². The minimum atomic E-state index is -0.0490. The predicted octanol–water partition coefficient (Wildman–Crippen LogP) is 2.02. The lowest BCUT2D eigenvalue weighted by Gasteiger charge is -2.37. The van der Waals surface area contributed by atoms with E-state index in [2.05, 4.69) is 18.7 Å². The lowest BCUT2D eigenvalue weighted by Crippen LogP contribution is -2.50. The van der Waals surface area contributed by atoms with Crippen LogP contribution in [0.4, 0.5) is 0 Å². The molecule has 1 aliphatic heterocycles. The molecule has 1 aromatic rings. The summed E-state index contributed by atoms with van der Waals surface area (Å²) in [6, 6.07) is 10.5. The Hall–Kier alpha value is -1.39. The van der Waals surface area contributed by atoms with Gasteiger partial charge in [0.15, 0.2) is 0 Å². The first kappa shape index (κ1) is 16.0. The van der Waals surface area contributed by atoms with Gasteiger partial charge in [0.05, 0.1) is 0 Å². The van der Waals surface area contributed by atoms with E-state index in [4.69, 9.17) is 5.73 Å². The van der Waals surface area contributed by atoms with E-state index >= 15 is 0 Å². The highest BCUT2D eigenvalue weighted by Crippen LogP contribution is 2.16. The number of rotatable bonds is 5. The largest absolute Gasteiger partial charge is 0.340 e. The Bertz CT molecular complexity index is 439. The van der Waals surface area contributed by atoms with Gasteiger partial charge in [-0.15, -0.1) is 0 Å². The molecule has 0 spiro atoms. The topological polar surface area (TPSA) is 49.6 Å². The van der Waals surface area contributed by atoms with Crippen LogP contribution in [0.5, 0.6) is 0 Å². The fourth-order valence-corrected chi connectivity index (χ4v) is 2.79. The Kier molecular flexibility index (Phi) is 5.76. The van der Waals surface area contributed by atoms with Gasteiger partial charge in [-0.2, -0.15) is 0 Å². The van der Waals surface area contributed by atoms with Crippen LogP contribution >= 0.6 is 0 Å². The number of benzene rings is 1. The first-order chi connectivity index (χ1) is 10.1. The molecule has 1 unspecified atom stereocenters. The minimum absolute atomic E-state index is 0.0490. The van der Waals surface area contributed by atoms with Gasteiger partial charge in [0.25, 0.3) is 0 Å². The fourth-order valence-electron chi connectivity index (χ4n) is 2.79. The molecule has 1 saturated heterocycles. The van der Waals surface area contributed by atoms with Crippen LogP contribution in [0, 0.1) is 0 Å². The molecular formula is C17H27N3O. The van der Waals surface area contributed by atoms with Crippen LogP contribution in [0.3, 0.4) is 0 Å². The summed E-state index contributed by atoms with van der Waals surface area (Å²) >= 11 is 0. The lowest BCUT2D eigenvalue weighted by atomic mass is 10.0. The first-order valence-corrected chi connectivity index (χ1v) is 7.90. The highest BCUT2D eigenvalue weighted by Gasteiger charge is 2.22. The van der Waals surface area contributed by atoms with Crippen molar-refractivity contribution in [3.63, 3.8) is 0 Å². The second-order valence-electron chi connectivity index (χ2n) is 6.07. The second kappa shape index (κ2) is 7.57. The van der Waals surface area contributed by atoms with Crippen molar-refractivity contribution >= 4 is 5.91 Å². The average Bonchev–Trinajstić information content (AvgIpc) is 2.53. The molecule has 2 rings (SSSR count). The van der Waals surface area contributed by atoms with E-state index in [1.807, 2.05) is 35.2 Å². The maximum absolute atomic E-state index is 12.3. The van der Waals surface area contributed by atoms with Crippen molar-refractivity contribution in [1.29, 1.82) is 0 Å². The summed E-state index contributed by atoms with van der Waals surface area (Å²) in [6.45, 7) is 8.06. The number of carbonyl (C=O) groups is 1. The van der Waals surface area contributed by atoms with Gasteiger partial charge in [0.2, 0.25) is 5.91 Å². The van der Waals surface area contributed by atoms with Crippen LogP contribution in [-0.4, -0.2) is 47.9 Å². The quantitative estimate of drug-likeness (QED) is 0.902. The summed E-state index contributed by atoms with van der Waals surface area (Å²) in [5, 5.41) is 0. The third-order valence-corrected chi connectivity index (χ3v) is 4.29. The molecule has 4 heteroatoms. The van der Waals surface area contributed by atoms with Gasteiger partial charge in [-0.25, -0.2) is 0 Å². The Morgan fingerprint density at radius 3 is 2.33 bits per heavy atom. The van der Waals surface area contributed by atoms with Crippen molar-refractivity contribution in [3.8, 4) is 0 Å². The molecule has 4 nitrogen and oxygen atoms in total. The van der Waals surface area contributed by atoms with Crippen molar-refractivity contribution in [3.05, 3.63) is 35.9 Å². The van der Waals surface area contributed by atoms with E-state index in [1.54, 1.807) is 0 Å². The van der Waals surface area contributed by atoms with Crippen LogP contribution in [0.15, 0.2) is 30.3 Å². The molecule has 116 valence electrons. The summed E-state index contributed by atoms with van der Waals surface area (Å²) in [5.74, 6) is 0.241.